The Morgan fingerprint density at radius 1 is 1.38 bits per heavy atom. The maximum atomic E-state index is 12.2. The van der Waals surface area contributed by atoms with Gasteiger partial charge in [-0.05, 0) is 30.7 Å². The molecule has 2 nitrogen and oxygen atoms in total. The second-order valence-electron chi connectivity index (χ2n) is 3.87. The Balaban J connectivity index is 2.16. The molecule has 1 amide bonds. The van der Waals surface area contributed by atoms with Crippen LogP contribution in [-0.4, -0.2) is 35.4 Å². The van der Waals surface area contributed by atoms with Gasteiger partial charge in [0.15, 0.2) is 0 Å². The molecule has 4 heteroatoms. The normalized spacial score (nSPS) is 16.2. The number of aryl methyl sites for hydroxylation is 1. The summed E-state index contributed by atoms with van der Waals surface area (Å²) in [6.07, 6.45) is 0. The zero-order valence-corrected chi connectivity index (χ0v) is 11.6. The average molecular weight is 300 g/mol. The number of carbonyl (C=O) groups is 1. The molecule has 0 unspecified atom stereocenters. The third kappa shape index (κ3) is 2.61. The number of carbonyl (C=O) groups excluding carboxylic acids is 1. The molecule has 1 aromatic carbocycles. The van der Waals surface area contributed by atoms with Crippen LogP contribution in [0.1, 0.15) is 15.9 Å². The third-order valence-corrected chi connectivity index (χ3v) is 4.54. The summed E-state index contributed by atoms with van der Waals surface area (Å²) in [5.41, 5.74) is 1.91. The lowest BCUT2D eigenvalue weighted by Gasteiger charge is -2.26. The first-order valence-electron chi connectivity index (χ1n) is 5.31. The summed E-state index contributed by atoms with van der Waals surface area (Å²) in [4.78, 5) is 14.1. The largest absolute Gasteiger partial charge is 0.337 e. The minimum atomic E-state index is 0.163. The number of hydrogen-bond donors (Lipinski definition) is 0. The van der Waals surface area contributed by atoms with Gasteiger partial charge in [-0.15, -0.1) is 0 Å². The van der Waals surface area contributed by atoms with Gasteiger partial charge in [0, 0.05) is 34.6 Å². The third-order valence-electron chi connectivity index (χ3n) is 2.70. The van der Waals surface area contributed by atoms with Crippen LogP contribution in [0.5, 0.6) is 0 Å². The van der Waals surface area contributed by atoms with Gasteiger partial charge in [0.05, 0.1) is 0 Å². The second-order valence-corrected chi connectivity index (χ2v) is 5.95. The summed E-state index contributed by atoms with van der Waals surface area (Å²) in [7, 11) is 0. The predicted molar refractivity (Wildman–Crippen MR) is 72.1 cm³/mol. The molecule has 1 heterocycles. The van der Waals surface area contributed by atoms with Crippen LogP contribution >= 0.6 is 27.7 Å². The van der Waals surface area contributed by atoms with Crippen LogP contribution in [0.2, 0.25) is 0 Å². The van der Waals surface area contributed by atoms with Crippen molar-refractivity contribution in [3.63, 3.8) is 0 Å². The molecule has 1 aliphatic heterocycles. The van der Waals surface area contributed by atoms with E-state index < -0.39 is 0 Å². The Morgan fingerprint density at radius 2 is 2.06 bits per heavy atom. The first kappa shape index (κ1) is 12.0. The summed E-state index contributed by atoms with van der Waals surface area (Å²) in [6, 6.07) is 5.79. The van der Waals surface area contributed by atoms with E-state index in [0.717, 1.165) is 40.2 Å². The van der Waals surface area contributed by atoms with Gasteiger partial charge >= 0.3 is 0 Å². The lowest BCUT2D eigenvalue weighted by molar-refractivity contribution is 0.0772. The highest BCUT2D eigenvalue weighted by atomic mass is 79.9. The molecule has 1 aliphatic rings. The van der Waals surface area contributed by atoms with E-state index in [9.17, 15) is 4.79 Å². The van der Waals surface area contributed by atoms with Crippen molar-refractivity contribution < 1.29 is 4.79 Å². The first-order valence-corrected chi connectivity index (χ1v) is 7.26. The number of benzene rings is 1. The van der Waals surface area contributed by atoms with Crippen molar-refractivity contribution in [3.05, 3.63) is 33.8 Å². The summed E-state index contributed by atoms with van der Waals surface area (Å²) in [6.45, 7) is 3.75. The molecule has 0 saturated carbocycles. The molecular formula is C12H14BrNOS. The SMILES string of the molecule is Cc1cc(C(=O)N2CCSCC2)ccc1Br. The van der Waals surface area contributed by atoms with Gasteiger partial charge in [-0.3, -0.25) is 4.79 Å². The monoisotopic (exact) mass is 299 g/mol. The Hall–Kier alpha value is -0.480. The lowest BCUT2D eigenvalue weighted by atomic mass is 10.1. The number of halogens is 1. The van der Waals surface area contributed by atoms with Gasteiger partial charge in [-0.1, -0.05) is 15.9 Å². The van der Waals surface area contributed by atoms with Crippen LogP contribution in [0.4, 0.5) is 0 Å². The first-order chi connectivity index (χ1) is 7.68. The molecule has 1 aromatic rings. The zero-order chi connectivity index (χ0) is 11.5. The van der Waals surface area contributed by atoms with Gasteiger partial charge < -0.3 is 4.90 Å². The van der Waals surface area contributed by atoms with Gasteiger partial charge in [-0.25, -0.2) is 0 Å². The van der Waals surface area contributed by atoms with Gasteiger partial charge in [-0.2, -0.15) is 11.8 Å². The second kappa shape index (κ2) is 5.23. The zero-order valence-electron chi connectivity index (χ0n) is 9.20. The van der Waals surface area contributed by atoms with Crippen molar-refractivity contribution in [2.75, 3.05) is 24.6 Å². The maximum absolute atomic E-state index is 12.2. The van der Waals surface area contributed by atoms with Crippen LogP contribution in [-0.2, 0) is 0 Å². The fourth-order valence-corrected chi connectivity index (χ4v) is 2.88. The number of nitrogens with zero attached hydrogens (tertiary/aromatic N) is 1. The van der Waals surface area contributed by atoms with Crippen LogP contribution in [0.3, 0.4) is 0 Å². The summed E-state index contributed by atoms with van der Waals surface area (Å²) in [5.74, 6) is 2.28. The average Bonchev–Trinajstić information content (AvgIpc) is 2.33. The minimum absolute atomic E-state index is 0.163. The molecular weight excluding hydrogens is 286 g/mol. The molecule has 0 bridgehead atoms. The summed E-state index contributed by atoms with van der Waals surface area (Å²) < 4.78 is 1.05. The molecule has 0 aliphatic carbocycles. The van der Waals surface area contributed by atoms with E-state index in [1.165, 1.54) is 0 Å². The van der Waals surface area contributed by atoms with Crippen molar-refractivity contribution in [3.8, 4) is 0 Å². The van der Waals surface area contributed by atoms with Gasteiger partial charge in [0.2, 0.25) is 0 Å². The maximum Gasteiger partial charge on any atom is 0.253 e. The molecule has 0 atom stereocenters. The van der Waals surface area contributed by atoms with Crippen molar-refractivity contribution in [2.45, 2.75) is 6.92 Å². The highest BCUT2D eigenvalue weighted by molar-refractivity contribution is 9.10. The topological polar surface area (TPSA) is 20.3 Å². The standard InChI is InChI=1S/C12H14BrNOS/c1-9-8-10(2-3-11(9)13)12(15)14-4-6-16-7-5-14/h2-3,8H,4-7H2,1H3. The van der Waals surface area contributed by atoms with Gasteiger partial charge in [0.25, 0.3) is 5.91 Å². The Labute approximate surface area is 109 Å². The van der Waals surface area contributed by atoms with E-state index in [4.69, 9.17) is 0 Å². The predicted octanol–water partition coefficient (Wildman–Crippen LogP) is 2.95. The summed E-state index contributed by atoms with van der Waals surface area (Å²) in [5, 5.41) is 0. The fourth-order valence-electron chi connectivity index (χ4n) is 1.73. The molecule has 0 radical (unpaired) electrons. The molecule has 0 N–H and O–H groups in total. The van der Waals surface area contributed by atoms with Crippen molar-refractivity contribution in [1.82, 2.24) is 4.90 Å². The molecule has 0 spiro atoms. The number of hydrogen-bond acceptors (Lipinski definition) is 2. The molecule has 0 aromatic heterocycles. The van der Waals surface area contributed by atoms with E-state index in [2.05, 4.69) is 15.9 Å². The van der Waals surface area contributed by atoms with E-state index in [0.29, 0.717) is 0 Å². The van der Waals surface area contributed by atoms with Crippen molar-refractivity contribution in [1.29, 1.82) is 0 Å². The Kier molecular flexibility index (Phi) is 3.92. The van der Waals surface area contributed by atoms with Crippen LogP contribution < -0.4 is 0 Å². The lowest BCUT2D eigenvalue weighted by Crippen LogP contribution is -2.37. The molecule has 16 heavy (non-hydrogen) atoms. The highest BCUT2D eigenvalue weighted by Crippen LogP contribution is 2.19. The van der Waals surface area contributed by atoms with E-state index in [1.54, 1.807) is 0 Å². The minimum Gasteiger partial charge on any atom is -0.337 e. The van der Waals surface area contributed by atoms with Crippen molar-refractivity contribution >= 4 is 33.6 Å². The fraction of sp³-hybridized carbons (Fsp3) is 0.417. The highest BCUT2D eigenvalue weighted by Gasteiger charge is 2.18. The van der Waals surface area contributed by atoms with Crippen LogP contribution in [0.15, 0.2) is 22.7 Å². The number of rotatable bonds is 1. The van der Waals surface area contributed by atoms with E-state index in [-0.39, 0.29) is 5.91 Å². The Morgan fingerprint density at radius 3 is 2.69 bits per heavy atom. The van der Waals surface area contributed by atoms with Crippen LogP contribution in [0, 0.1) is 6.92 Å². The number of amides is 1. The smallest absolute Gasteiger partial charge is 0.253 e. The number of thioether (sulfide) groups is 1. The summed E-state index contributed by atoms with van der Waals surface area (Å²) >= 11 is 5.36. The van der Waals surface area contributed by atoms with E-state index in [1.807, 2.05) is 41.8 Å². The quantitative estimate of drug-likeness (QED) is 0.795. The molecule has 1 saturated heterocycles. The Bertz CT molecular complexity index is 402. The molecule has 1 fully saturated rings. The van der Waals surface area contributed by atoms with E-state index >= 15 is 0 Å². The van der Waals surface area contributed by atoms with Gasteiger partial charge in [0.1, 0.15) is 0 Å². The molecule has 2 rings (SSSR count). The van der Waals surface area contributed by atoms with Crippen LogP contribution in [0.25, 0.3) is 0 Å². The van der Waals surface area contributed by atoms with Crippen molar-refractivity contribution in [2.24, 2.45) is 0 Å². The molecule has 86 valence electrons.